The van der Waals surface area contributed by atoms with E-state index in [-0.39, 0.29) is 21.9 Å². The molecule has 3 rings (SSSR count). The van der Waals surface area contributed by atoms with Crippen molar-refractivity contribution < 1.29 is 0 Å². The summed E-state index contributed by atoms with van der Waals surface area (Å²) in [6, 6.07) is 0. The number of hydrogen-bond acceptors (Lipinski definition) is 2. The van der Waals surface area contributed by atoms with Gasteiger partial charge in [0, 0.05) is 21.9 Å². The molecular weight excluding hydrogens is 493 g/mol. The summed E-state index contributed by atoms with van der Waals surface area (Å²) in [5, 5.41) is 3.17. The van der Waals surface area contributed by atoms with Crippen LogP contribution in [0, 0.1) is 16.7 Å². The first-order chi connectivity index (χ1) is 16.9. The molecule has 0 bridgehead atoms. The second-order valence-corrected chi connectivity index (χ2v) is 24.0. The molecule has 212 valence electrons. The summed E-state index contributed by atoms with van der Waals surface area (Å²) in [6.07, 6.45) is 13.9. The highest BCUT2D eigenvalue weighted by molar-refractivity contribution is 6.83. The summed E-state index contributed by atoms with van der Waals surface area (Å²) in [5.41, 5.74) is 7.85. The Labute approximate surface area is 238 Å². The second-order valence-electron chi connectivity index (χ2n) is 16.0. The minimum absolute atomic E-state index is 0.0192. The van der Waals surface area contributed by atoms with Gasteiger partial charge in [0.2, 0.25) is 0 Å². The van der Waals surface area contributed by atoms with Crippen molar-refractivity contribution in [3.05, 3.63) is 68.6 Å². The molecule has 0 heterocycles. The molecule has 3 aliphatic rings. The normalized spacial score (nSPS) is 29.3. The zero-order chi connectivity index (χ0) is 29.3. The molecule has 0 amide bonds. The van der Waals surface area contributed by atoms with Gasteiger partial charge in [-0.1, -0.05) is 85.8 Å². The summed E-state index contributed by atoms with van der Waals surface area (Å²) in [5.74, 6) is 0.491. The van der Waals surface area contributed by atoms with E-state index in [4.69, 9.17) is 0 Å². The fraction of sp³-hybridized carbons (Fsp3) is 0.647. The van der Waals surface area contributed by atoms with Crippen LogP contribution < -0.4 is 9.96 Å². The fourth-order valence-electron chi connectivity index (χ4n) is 7.66. The summed E-state index contributed by atoms with van der Waals surface area (Å²) in [7, 11) is -3.55. The molecule has 0 aliphatic heterocycles. The molecule has 0 spiro atoms. The molecule has 0 saturated heterocycles. The first-order valence-corrected chi connectivity index (χ1v) is 20.8. The Morgan fingerprint density at radius 2 is 1.18 bits per heavy atom. The van der Waals surface area contributed by atoms with Crippen LogP contribution in [0.1, 0.15) is 89.5 Å². The van der Waals surface area contributed by atoms with E-state index in [1.54, 1.807) is 16.0 Å². The van der Waals surface area contributed by atoms with Gasteiger partial charge < -0.3 is 9.96 Å². The van der Waals surface area contributed by atoms with Crippen molar-refractivity contribution >= 4 is 16.5 Å². The van der Waals surface area contributed by atoms with E-state index in [0.29, 0.717) is 5.92 Å². The average Bonchev–Trinajstić information content (AvgIpc) is 3.13. The van der Waals surface area contributed by atoms with Crippen molar-refractivity contribution in [2.45, 2.75) is 127 Å². The molecule has 0 aromatic carbocycles. The molecule has 0 fully saturated rings. The third-order valence-electron chi connectivity index (χ3n) is 9.59. The highest BCUT2D eigenvalue weighted by Crippen LogP contribution is 2.53. The van der Waals surface area contributed by atoms with Gasteiger partial charge in [0.25, 0.3) is 0 Å². The molecule has 3 atom stereocenters. The molecule has 2 nitrogen and oxygen atoms in total. The maximum atomic E-state index is 4.01. The number of hydrogen-bond donors (Lipinski definition) is 2. The van der Waals surface area contributed by atoms with Crippen molar-refractivity contribution in [1.29, 1.82) is 0 Å². The van der Waals surface area contributed by atoms with E-state index in [1.807, 2.05) is 0 Å². The van der Waals surface area contributed by atoms with Gasteiger partial charge in [-0.2, -0.15) is 0 Å². The maximum Gasteiger partial charge on any atom is 0.151 e. The van der Waals surface area contributed by atoms with Crippen LogP contribution in [0.4, 0.5) is 0 Å². The summed E-state index contributed by atoms with van der Waals surface area (Å²) in [4.78, 5) is 8.01. The standard InChI is InChI=1S/C34H58N2Si2/c1-23-25(3)33(11,21-29(23)37(13,14)35-31(5,6)7)27-17-19-28(20-18-27)34(12)22-30(24(2)26(34)4)38(15,16)36-32(8,9)10/h17-19,21-22,28,35-36H,20H2,1-16H3. The molecular formula is C34H58N2Si2. The highest BCUT2D eigenvalue weighted by atomic mass is 28.3. The summed E-state index contributed by atoms with van der Waals surface area (Å²) < 4.78 is 0. The van der Waals surface area contributed by atoms with E-state index in [0.717, 1.165) is 6.42 Å². The summed E-state index contributed by atoms with van der Waals surface area (Å²) >= 11 is 0. The van der Waals surface area contributed by atoms with Crippen molar-refractivity contribution in [2.24, 2.45) is 16.7 Å². The minimum Gasteiger partial charge on any atom is -0.329 e. The molecule has 0 radical (unpaired) electrons. The lowest BCUT2D eigenvalue weighted by Gasteiger charge is -2.37. The largest absolute Gasteiger partial charge is 0.329 e. The zero-order valence-electron chi connectivity index (χ0n) is 27.7. The monoisotopic (exact) mass is 550 g/mol. The van der Waals surface area contributed by atoms with Crippen LogP contribution in [0.5, 0.6) is 0 Å². The van der Waals surface area contributed by atoms with E-state index >= 15 is 0 Å². The van der Waals surface area contributed by atoms with Crippen LogP contribution >= 0.6 is 0 Å². The van der Waals surface area contributed by atoms with Crippen LogP contribution in [-0.2, 0) is 0 Å². The average molecular weight is 551 g/mol. The second kappa shape index (κ2) is 9.71. The summed E-state index contributed by atoms with van der Waals surface area (Å²) in [6.45, 7) is 38.0. The van der Waals surface area contributed by atoms with Crippen LogP contribution in [0.3, 0.4) is 0 Å². The van der Waals surface area contributed by atoms with Gasteiger partial charge in [0.05, 0.1) is 0 Å². The number of rotatable bonds is 6. The third-order valence-corrected chi connectivity index (χ3v) is 16.1. The Morgan fingerprint density at radius 1 is 0.737 bits per heavy atom. The molecule has 38 heavy (non-hydrogen) atoms. The predicted octanol–water partition coefficient (Wildman–Crippen LogP) is 9.32. The van der Waals surface area contributed by atoms with Crippen molar-refractivity contribution in [1.82, 2.24) is 9.96 Å². The van der Waals surface area contributed by atoms with Crippen LogP contribution in [0.2, 0.25) is 26.2 Å². The lowest BCUT2D eigenvalue weighted by Crippen LogP contribution is -2.55. The van der Waals surface area contributed by atoms with Gasteiger partial charge in [0.15, 0.2) is 16.5 Å². The molecule has 3 aliphatic carbocycles. The smallest absolute Gasteiger partial charge is 0.151 e. The van der Waals surface area contributed by atoms with Crippen molar-refractivity contribution in [3.63, 3.8) is 0 Å². The van der Waals surface area contributed by atoms with Crippen molar-refractivity contribution in [3.8, 4) is 0 Å². The van der Waals surface area contributed by atoms with E-state index in [9.17, 15) is 0 Å². The molecule has 2 N–H and O–H groups in total. The van der Waals surface area contributed by atoms with Gasteiger partial charge in [-0.05, 0) is 104 Å². The molecule has 0 saturated carbocycles. The number of nitrogens with one attached hydrogen (secondary N) is 2. The van der Waals surface area contributed by atoms with Crippen LogP contribution in [0.15, 0.2) is 68.6 Å². The van der Waals surface area contributed by atoms with Crippen LogP contribution in [0.25, 0.3) is 0 Å². The van der Waals surface area contributed by atoms with E-state index in [2.05, 4.69) is 150 Å². The van der Waals surface area contributed by atoms with Gasteiger partial charge in [0.1, 0.15) is 0 Å². The highest BCUT2D eigenvalue weighted by Gasteiger charge is 2.45. The lowest BCUT2D eigenvalue weighted by molar-refractivity contribution is 0.371. The van der Waals surface area contributed by atoms with Gasteiger partial charge in [-0.15, -0.1) is 0 Å². The quantitative estimate of drug-likeness (QED) is 0.322. The van der Waals surface area contributed by atoms with Crippen LogP contribution in [-0.4, -0.2) is 27.5 Å². The third kappa shape index (κ3) is 5.80. The molecule has 4 heteroatoms. The Hall–Kier alpha value is -1.21. The Kier molecular flexibility index (Phi) is 8.01. The lowest BCUT2D eigenvalue weighted by atomic mass is 9.67. The fourth-order valence-corrected chi connectivity index (χ4v) is 15.2. The van der Waals surface area contributed by atoms with Gasteiger partial charge >= 0.3 is 0 Å². The first kappa shape index (κ1) is 31.3. The Bertz CT molecular complexity index is 1170. The van der Waals surface area contributed by atoms with E-state index in [1.165, 1.54) is 22.3 Å². The van der Waals surface area contributed by atoms with Gasteiger partial charge in [-0.3, -0.25) is 0 Å². The molecule has 0 aromatic heterocycles. The molecule has 3 unspecified atom stereocenters. The topological polar surface area (TPSA) is 24.1 Å². The van der Waals surface area contributed by atoms with E-state index < -0.39 is 16.5 Å². The van der Waals surface area contributed by atoms with Gasteiger partial charge in [-0.25, -0.2) is 0 Å². The molecule has 0 aromatic rings. The zero-order valence-corrected chi connectivity index (χ0v) is 29.7. The first-order valence-electron chi connectivity index (χ1n) is 14.8. The van der Waals surface area contributed by atoms with Crippen molar-refractivity contribution in [2.75, 3.05) is 0 Å². The SMILES string of the molecule is CC1=C(C)C(C)(C2=CCC(C3(C)C=C([Si](C)(C)NC(C)(C)C)C(C)=C3C)C=C2)C=C1[Si](C)(C)NC(C)(C)C. The maximum absolute atomic E-state index is 4.01. The minimum atomic E-state index is -1.78. The number of allylic oxidation sites excluding steroid dienone is 12. The Balaban J connectivity index is 1.92. The Morgan fingerprint density at radius 3 is 1.61 bits per heavy atom. The predicted molar refractivity (Wildman–Crippen MR) is 175 cm³/mol.